The van der Waals surface area contributed by atoms with Crippen LogP contribution in [0.25, 0.3) is 11.0 Å². The summed E-state index contributed by atoms with van der Waals surface area (Å²) < 4.78 is 34.6. The van der Waals surface area contributed by atoms with E-state index >= 15 is 0 Å². The molecule has 1 saturated heterocycles. The molecule has 5 rings (SSSR count). The second-order valence-electron chi connectivity index (χ2n) is 8.81. The molecular formula is C22H27N5O4S. The van der Waals surface area contributed by atoms with E-state index in [4.69, 9.17) is 4.74 Å². The van der Waals surface area contributed by atoms with E-state index in [0.717, 1.165) is 12.8 Å². The van der Waals surface area contributed by atoms with Crippen LogP contribution in [-0.4, -0.2) is 57.2 Å². The van der Waals surface area contributed by atoms with Crippen molar-refractivity contribution in [1.82, 2.24) is 24.5 Å². The summed E-state index contributed by atoms with van der Waals surface area (Å²) in [5.41, 5.74) is 1.15. The van der Waals surface area contributed by atoms with Gasteiger partial charge in [-0.05, 0) is 50.2 Å². The first-order chi connectivity index (χ1) is 15.4. The molecule has 0 bridgehead atoms. The number of nitrogens with zero attached hydrogens (tertiary/aromatic N) is 5. The highest BCUT2D eigenvalue weighted by molar-refractivity contribution is 7.92. The number of sulfone groups is 1. The van der Waals surface area contributed by atoms with Crippen molar-refractivity contribution in [1.29, 1.82) is 0 Å². The van der Waals surface area contributed by atoms with E-state index in [-0.39, 0.29) is 22.3 Å². The number of fused-ring (bicyclic) bond motifs is 1. The third kappa shape index (κ3) is 4.09. The average Bonchev–Trinajstić information content (AvgIpc) is 3.46. The Morgan fingerprint density at radius 2 is 2.00 bits per heavy atom. The van der Waals surface area contributed by atoms with Crippen molar-refractivity contribution in [3.05, 3.63) is 36.4 Å². The molecule has 1 aliphatic heterocycles. The highest BCUT2D eigenvalue weighted by Crippen LogP contribution is 2.37. The zero-order chi connectivity index (χ0) is 22.3. The van der Waals surface area contributed by atoms with Crippen molar-refractivity contribution in [2.24, 2.45) is 13.0 Å². The maximum absolute atomic E-state index is 13.5. The predicted molar refractivity (Wildman–Crippen MR) is 117 cm³/mol. The molecule has 170 valence electrons. The fraction of sp³-hybridized carbons (Fsp3) is 0.545. The van der Waals surface area contributed by atoms with Crippen molar-refractivity contribution in [3.8, 4) is 0 Å². The third-order valence-corrected chi connectivity index (χ3v) is 8.73. The average molecular weight is 458 g/mol. The van der Waals surface area contributed by atoms with Gasteiger partial charge in [-0.3, -0.25) is 9.48 Å². The Morgan fingerprint density at radius 3 is 2.69 bits per heavy atom. The largest absolute Gasteiger partial charge is 0.381 e. The van der Waals surface area contributed by atoms with Gasteiger partial charge in [0.15, 0.2) is 21.3 Å². The van der Waals surface area contributed by atoms with Crippen molar-refractivity contribution < 1.29 is 17.9 Å². The minimum atomic E-state index is -3.41. The molecule has 10 heteroatoms. The molecule has 2 aliphatic rings. The number of hydrogen-bond acceptors (Lipinski definition) is 7. The summed E-state index contributed by atoms with van der Waals surface area (Å²) in [6, 6.07) is 2.85. The van der Waals surface area contributed by atoms with Crippen LogP contribution in [0.5, 0.6) is 0 Å². The van der Waals surface area contributed by atoms with Crippen LogP contribution in [0.15, 0.2) is 35.6 Å². The van der Waals surface area contributed by atoms with Crippen molar-refractivity contribution >= 4 is 26.7 Å². The Kier molecular flexibility index (Phi) is 5.58. The first-order valence-corrected chi connectivity index (χ1v) is 12.6. The van der Waals surface area contributed by atoms with Gasteiger partial charge in [-0.1, -0.05) is 0 Å². The predicted octanol–water partition coefficient (Wildman–Crippen LogP) is 2.27. The number of Topliss-reactive ketones (excluding diaryl/α,β-unsaturated/α-hetero) is 1. The van der Waals surface area contributed by atoms with Crippen LogP contribution in [0.2, 0.25) is 0 Å². The Hall–Kier alpha value is -2.59. The van der Waals surface area contributed by atoms with E-state index in [1.807, 2.05) is 19.3 Å². The maximum Gasteiger partial charge on any atom is 0.182 e. The first kappa shape index (κ1) is 21.3. The third-order valence-electron chi connectivity index (χ3n) is 6.42. The Bertz CT molecular complexity index is 1240. The van der Waals surface area contributed by atoms with Gasteiger partial charge in [0.25, 0.3) is 0 Å². The maximum atomic E-state index is 13.5. The van der Waals surface area contributed by atoms with E-state index in [1.165, 1.54) is 6.20 Å². The van der Waals surface area contributed by atoms with Crippen LogP contribution >= 0.6 is 0 Å². The number of ether oxygens (including phenoxy) is 1. The molecule has 0 N–H and O–H groups in total. The smallest absolute Gasteiger partial charge is 0.182 e. The standard InChI is InChI=1S/C22H27N5O4S/c1-26-9-5-16(25-26)13-20(28)19(12-15-6-10-31-11-7-15)27-22-18(14-24-27)21(4-8-23-22)32(29,30)17-2-3-17/h4-5,8-9,14-15,17,19H,2-3,6-7,10-13H2,1H3. The summed E-state index contributed by atoms with van der Waals surface area (Å²) >= 11 is 0. The van der Waals surface area contributed by atoms with Crippen LogP contribution in [0.1, 0.15) is 43.8 Å². The van der Waals surface area contributed by atoms with Crippen LogP contribution in [0, 0.1) is 5.92 Å². The molecule has 3 aromatic rings. The molecule has 3 aromatic heterocycles. The van der Waals surface area contributed by atoms with E-state index < -0.39 is 15.9 Å². The fourth-order valence-corrected chi connectivity index (χ4v) is 6.29. The zero-order valence-corrected chi connectivity index (χ0v) is 18.9. The van der Waals surface area contributed by atoms with Gasteiger partial charge in [-0.2, -0.15) is 10.2 Å². The van der Waals surface area contributed by atoms with E-state index in [9.17, 15) is 13.2 Å². The molecule has 1 aliphatic carbocycles. The number of carbonyl (C=O) groups excluding carboxylic acids is 1. The Labute approximate surface area is 186 Å². The molecular weight excluding hydrogens is 430 g/mol. The van der Waals surface area contributed by atoms with Crippen LogP contribution in [-0.2, 0) is 32.8 Å². The second kappa shape index (κ2) is 8.40. The topological polar surface area (TPSA) is 109 Å². The Balaban J connectivity index is 1.52. The van der Waals surface area contributed by atoms with Gasteiger partial charge < -0.3 is 4.74 Å². The number of aryl methyl sites for hydroxylation is 1. The summed E-state index contributed by atoms with van der Waals surface area (Å²) in [7, 11) is -1.59. The summed E-state index contributed by atoms with van der Waals surface area (Å²) in [5.74, 6) is 0.330. The van der Waals surface area contributed by atoms with E-state index in [2.05, 4.69) is 15.2 Å². The summed E-state index contributed by atoms with van der Waals surface area (Å²) in [5, 5.41) is 9.01. The SMILES string of the molecule is Cn1ccc(CC(=O)C(CC2CCOCC2)n2ncc3c(S(=O)(=O)C4CC4)ccnc32)n1. The minimum absolute atomic E-state index is 0.00237. The molecule has 0 amide bonds. The Morgan fingerprint density at radius 1 is 1.22 bits per heavy atom. The molecule has 4 heterocycles. The van der Waals surface area contributed by atoms with Crippen molar-refractivity contribution in [3.63, 3.8) is 0 Å². The lowest BCUT2D eigenvalue weighted by atomic mass is 9.90. The number of aromatic nitrogens is 5. The second-order valence-corrected chi connectivity index (χ2v) is 11.0. The number of carbonyl (C=O) groups is 1. The molecule has 9 nitrogen and oxygen atoms in total. The van der Waals surface area contributed by atoms with Gasteiger partial charge in [0, 0.05) is 32.7 Å². The zero-order valence-electron chi connectivity index (χ0n) is 18.1. The lowest BCUT2D eigenvalue weighted by Crippen LogP contribution is -2.27. The van der Waals surface area contributed by atoms with Crippen LogP contribution in [0.3, 0.4) is 0 Å². The van der Waals surface area contributed by atoms with E-state index in [0.29, 0.717) is 55.1 Å². The summed E-state index contributed by atoms with van der Waals surface area (Å²) in [6.07, 6.45) is 8.83. The lowest BCUT2D eigenvalue weighted by molar-refractivity contribution is -0.122. The first-order valence-electron chi connectivity index (χ1n) is 11.1. The quantitative estimate of drug-likeness (QED) is 0.510. The number of rotatable bonds is 8. The van der Waals surface area contributed by atoms with Crippen LogP contribution in [0.4, 0.5) is 0 Å². The monoisotopic (exact) mass is 457 g/mol. The van der Waals surface area contributed by atoms with Gasteiger partial charge in [-0.15, -0.1) is 0 Å². The number of ketones is 1. The molecule has 0 spiro atoms. The summed E-state index contributed by atoms with van der Waals surface area (Å²) in [6.45, 7) is 1.38. The molecule has 32 heavy (non-hydrogen) atoms. The van der Waals surface area contributed by atoms with Gasteiger partial charge in [0.05, 0.1) is 33.8 Å². The molecule has 1 saturated carbocycles. The lowest BCUT2D eigenvalue weighted by Gasteiger charge is -2.26. The highest BCUT2D eigenvalue weighted by Gasteiger charge is 2.38. The number of pyridine rings is 1. The van der Waals surface area contributed by atoms with Gasteiger partial charge in [0.2, 0.25) is 0 Å². The van der Waals surface area contributed by atoms with Gasteiger partial charge in [0.1, 0.15) is 6.04 Å². The van der Waals surface area contributed by atoms with Gasteiger partial charge in [-0.25, -0.2) is 18.1 Å². The van der Waals surface area contributed by atoms with Crippen molar-refractivity contribution in [2.45, 2.75) is 54.7 Å². The van der Waals surface area contributed by atoms with Crippen LogP contribution < -0.4 is 0 Å². The highest BCUT2D eigenvalue weighted by atomic mass is 32.2. The molecule has 0 aromatic carbocycles. The fourth-order valence-electron chi connectivity index (χ4n) is 4.48. The molecule has 1 unspecified atom stereocenters. The normalized spacial score (nSPS) is 18.8. The minimum Gasteiger partial charge on any atom is -0.381 e. The molecule has 2 fully saturated rings. The molecule has 1 atom stereocenters. The summed E-state index contributed by atoms with van der Waals surface area (Å²) in [4.78, 5) is 18.2. The van der Waals surface area contributed by atoms with Gasteiger partial charge >= 0.3 is 0 Å². The van der Waals surface area contributed by atoms with Crippen molar-refractivity contribution in [2.75, 3.05) is 13.2 Å². The molecule has 0 radical (unpaired) electrons. The van der Waals surface area contributed by atoms with E-state index in [1.54, 1.807) is 21.6 Å². The number of hydrogen-bond donors (Lipinski definition) is 0.